The molecule has 0 saturated carbocycles. The van der Waals surface area contributed by atoms with E-state index in [9.17, 15) is 0 Å². The lowest BCUT2D eigenvalue weighted by atomic mass is 10.1. The van der Waals surface area contributed by atoms with Gasteiger partial charge >= 0.3 is 0 Å². The normalized spacial score (nSPS) is 12.4. The summed E-state index contributed by atoms with van der Waals surface area (Å²) in [5.74, 6) is 0. The summed E-state index contributed by atoms with van der Waals surface area (Å²) in [5.41, 5.74) is 3.20. The van der Waals surface area contributed by atoms with Crippen molar-refractivity contribution >= 4 is 11.8 Å². The van der Waals surface area contributed by atoms with Crippen LogP contribution in [0.25, 0.3) is 5.57 Å². The molecule has 0 aliphatic rings. The molecular formula is C11H14N2. The number of rotatable bonds is 2. The van der Waals surface area contributed by atoms with E-state index in [0.717, 1.165) is 11.3 Å². The second-order valence-corrected chi connectivity index (χ2v) is 2.85. The highest BCUT2D eigenvalue weighted by Gasteiger charge is 1.97. The van der Waals surface area contributed by atoms with Crippen molar-refractivity contribution in [2.45, 2.75) is 13.8 Å². The molecule has 0 atom stereocenters. The van der Waals surface area contributed by atoms with Crippen LogP contribution in [0.4, 0.5) is 0 Å². The Labute approximate surface area is 79.0 Å². The van der Waals surface area contributed by atoms with E-state index in [0.29, 0.717) is 0 Å². The summed E-state index contributed by atoms with van der Waals surface area (Å²) in [7, 11) is 1.76. The van der Waals surface area contributed by atoms with Gasteiger partial charge in [0, 0.05) is 25.0 Å². The average Bonchev–Trinajstić information content (AvgIpc) is 2.16. The van der Waals surface area contributed by atoms with Crippen molar-refractivity contribution in [3.05, 3.63) is 35.7 Å². The molecule has 0 saturated heterocycles. The fourth-order valence-corrected chi connectivity index (χ4v) is 1.07. The zero-order chi connectivity index (χ0) is 9.68. The average molecular weight is 174 g/mol. The van der Waals surface area contributed by atoms with Gasteiger partial charge in [-0.3, -0.25) is 9.98 Å². The van der Waals surface area contributed by atoms with E-state index in [-0.39, 0.29) is 0 Å². The third kappa shape index (κ3) is 2.51. The second-order valence-electron chi connectivity index (χ2n) is 2.85. The smallest absolute Gasteiger partial charge is 0.0714 e. The largest absolute Gasteiger partial charge is 0.296 e. The maximum absolute atomic E-state index is 4.31. The third-order valence-electron chi connectivity index (χ3n) is 1.79. The number of pyridine rings is 1. The van der Waals surface area contributed by atoms with Gasteiger partial charge in [0.05, 0.1) is 5.69 Å². The van der Waals surface area contributed by atoms with Crippen LogP contribution < -0.4 is 0 Å². The molecule has 0 aliphatic heterocycles. The summed E-state index contributed by atoms with van der Waals surface area (Å²) in [6, 6.07) is 4.06. The topological polar surface area (TPSA) is 25.2 Å². The van der Waals surface area contributed by atoms with E-state index in [4.69, 9.17) is 0 Å². The fraction of sp³-hybridized carbons (Fsp3) is 0.273. The van der Waals surface area contributed by atoms with E-state index >= 15 is 0 Å². The summed E-state index contributed by atoms with van der Waals surface area (Å²) in [5, 5.41) is 0. The van der Waals surface area contributed by atoms with Gasteiger partial charge in [0.15, 0.2) is 0 Å². The number of nitrogens with zero attached hydrogens (tertiary/aromatic N) is 2. The lowest BCUT2D eigenvalue weighted by Gasteiger charge is -1.99. The Morgan fingerprint density at radius 1 is 1.46 bits per heavy atom. The minimum Gasteiger partial charge on any atom is -0.296 e. The van der Waals surface area contributed by atoms with Crippen molar-refractivity contribution in [1.82, 2.24) is 4.98 Å². The molecule has 1 aromatic heterocycles. The zero-order valence-corrected chi connectivity index (χ0v) is 8.28. The highest BCUT2D eigenvalue weighted by atomic mass is 14.7. The van der Waals surface area contributed by atoms with Crippen LogP contribution in [0.3, 0.4) is 0 Å². The van der Waals surface area contributed by atoms with Crippen LogP contribution in [0.2, 0.25) is 0 Å². The van der Waals surface area contributed by atoms with Gasteiger partial charge in [-0.2, -0.15) is 0 Å². The van der Waals surface area contributed by atoms with Crippen LogP contribution in [-0.2, 0) is 0 Å². The molecule has 0 fully saturated rings. The molecule has 13 heavy (non-hydrogen) atoms. The van der Waals surface area contributed by atoms with Crippen molar-refractivity contribution < 1.29 is 0 Å². The lowest BCUT2D eigenvalue weighted by molar-refractivity contribution is 1.24. The van der Waals surface area contributed by atoms with Crippen molar-refractivity contribution in [3.63, 3.8) is 0 Å². The van der Waals surface area contributed by atoms with Crippen LogP contribution in [-0.4, -0.2) is 18.2 Å². The molecule has 0 aliphatic carbocycles. The molecule has 0 unspecified atom stereocenters. The van der Waals surface area contributed by atoms with Gasteiger partial charge in [0.1, 0.15) is 0 Å². The van der Waals surface area contributed by atoms with Gasteiger partial charge in [-0.15, -0.1) is 0 Å². The van der Waals surface area contributed by atoms with Gasteiger partial charge < -0.3 is 0 Å². The fourth-order valence-electron chi connectivity index (χ4n) is 1.07. The number of aryl methyl sites for hydroxylation is 1. The molecule has 1 rings (SSSR count). The van der Waals surface area contributed by atoms with Crippen LogP contribution in [0, 0.1) is 6.92 Å². The summed E-state index contributed by atoms with van der Waals surface area (Å²) in [6.07, 6.45) is 5.69. The molecule has 0 spiro atoms. The van der Waals surface area contributed by atoms with Gasteiger partial charge in [-0.05, 0) is 25.5 Å². The first kappa shape index (κ1) is 9.65. The SMILES string of the molecule is C/C=C(\C=NC)c1ccc(C)cn1. The van der Waals surface area contributed by atoms with Gasteiger partial charge in [0.25, 0.3) is 0 Å². The lowest BCUT2D eigenvalue weighted by Crippen LogP contribution is -1.90. The summed E-state index contributed by atoms with van der Waals surface area (Å²) in [6.45, 7) is 4.01. The van der Waals surface area contributed by atoms with Gasteiger partial charge in [-0.25, -0.2) is 0 Å². The molecule has 0 aromatic carbocycles. The monoisotopic (exact) mass is 174 g/mol. The summed E-state index contributed by atoms with van der Waals surface area (Å²) < 4.78 is 0. The molecule has 0 N–H and O–H groups in total. The predicted molar refractivity (Wildman–Crippen MR) is 57.0 cm³/mol. The zero-order valence-electron chi connectivity index (χ0n) is 8.28. The maximum Gasteiger partial charge on any atom is 0.0714 e. The first-order chi connectivity index (χ1) is 6.27. The maximum atomic E-state index is 4.31. The molecule has 1 aromatic rings. The molecule has 0 amide bonds. The van der Waals surface area contributed by atoms with E-state index < -0.39 is 0 Å². The number of hydrogen-bond acceptors (Lipinski definition) is 2. The van der Waals surface area contributed by atoms with E-state index in [1.807, 2.05) is 38.4 Å². The molecule has 0 radical (unpaired) electrons. The van der Waals surface area contributed by atoms with E-state index in [1.54, 1.807) is 7.05 Å². The number of aromatic nitrogens is 1. The van der Waals surface area contributed by atoms with Gasteiger partial charge in [-0.1, -0.05) is 12.1 Å². The number of hydrogen-bond donors (Lipinski definition) is 0. The van der Waals surface area contributed by atoms with Crippen molar-refractivity contribution in [1.29, 1.82) is 0 Å². The summed E-state index contributed by atoms with van der Waals surface area (Å²) in [4.78, 5) is 8.28. The highest BCUT2D eigenvalue weighted by molar-refractivity contribution is 6.08. The van der Waals surface area contributed by atoms with Crippen LogP contribution in [0.1, 0.15) is 18.2 Å². The number of aliphatic imine (C=N–C) groups is 1. The Kier molecular flexibility index (Phi) is 3.38. The van der Waals surface area contributed by atoms with Crippen molar-refractivity contribution in [2.75, 3.05) is 7.05 Å². The van der Waals surface area contributed by atoms with E-state index in [2.05, 4.69) is 16.0 Å². The van der Waals surface area contributed by atoms with Crippen LogP contribution in [0.15, 0.2) is 29.4 Å². The first-order valence-corrected chi connectivity index (χ1v) is 4.29. The molecule has 2 nitrogen and oxygen atoms in total. The van der Waals surface area contributed by atoms with Crippen molar-refractivity contribution in [3.8, 4) is 0 Å². The Morgan fingerprint density at radius 3 is 2.69 bits per heavy atom. The Balaban J connectivity index is 3.00. The molecule has 0 bridgehead atoms. The van der Waals surface area contributed by atoms with Crippen molar-refractivity contribution in [2.24, 2.45) is 4.99 Å². The molecule has 2 heteroatoms. The highest BCUT2D eigenvalue weighted by Crippen LogP contribution is 2.09. The Bertz CT molecular complexity index is 320. The van der Waals surface area contributed by atoms with Gasteiger partial charge in [0.2, 0.25) is 0 Å². The van der Waals surface area contributed by atoms with Crippen LogP contribution >= 0.6 is 0 Å². The first-order valence-electron chi connectivity index (χ1n) is 4.29. The minimum absolute atomic E-state index is 0.971. The number of allylic oxidation sites excluding steroid dienone is 2. The molecular weight excluding hydrogens is 160 g/mol. The Hall–Kier alpha value is -1.44. The Morgan fingerprint density at radius 2 is 2.23 bits per heavy atom. The molecule has 68 valence electrons. The summed E-state index contributed by atoms with van der Waals surface area (Å²) >= 11 is 0. The van der Waals surface area contributed by atoms with Crippen LogP contribution in [0.5, 0.6) is 0 Å². The predicted octanol–water partition coefficient (Wildman–Crippen LogP) is 2.49. The third-order valence-corrected chi connectivity index (χ3v) is 1.79. The minimum atomic E-state index is 0.971. The standard InChI is InChI=1S/C11H14N2/c1-4-10(8-12-3)11-6-5-9(2)7-13-11/h4-8H,1-3H3/b10-4+,12-8?. The second kappa shape index (κ2) is 4.55. The molecule has 1 heterocycles. The quantitative estimate of drug-likeness (QED) is 0.632. The van der Waals surface area contributed by atoms with E-state index in [1.165, 1.54) is 5.56 Å².